The molecule has 0 spiro atoms. The number of ether oxygens (including phenoxy) is 1. The van der Waals surface area contributed by atoms with E-state index in [9.17, 15) is 4.79 Å². The summed E-state index contributed by atoms with van der Waals surface area (Å²) < 4.78 is 6.16. The Hall–Kier alpha value is -1.49. The molecule has 1 aliphatic rings. The van der Waals surface area contributed by atoms with Crippen LogP contribution in [-0.4, -0.2) is 17.5 Å². The monoisotopic (exact) mass is 282 g/mol. The SMILES string of the molecule is NC(=O)C1=CN(Cc2cccc(Br)c2)CO1. The fraction of sp³-hybridized carbons (Fsp3) is 0.182. The highest BCUT2D eigenvalue weighted by Crippen LogP contribution is 2.17. The summed E-state index contributed by atoms with van der Waals surface area (Å²) in [4.78, 5) is 12.7. The lowest BCUT2D eigenvalue weighted by Crippen LogP contribution is -2.14. The van der Waals surface area contributed by atoms with Gasteiger partial charge in [0, 0.05) is 11.0 Å². The molecule has 1 aliphatic heterocycles. The second-order valence-corrected chi connectivity index (χ2v) is 4.42. The van der Waals surface area contributed by atoms with Crippen molar-refractivity contribution in [3.8, 4) is 0 Å². The normalized spacial score (nSPS) is 14.6. The summed E-state index contributed by atoms with van der Waals surface area (Å²) in [6.07, 6.45) is 1.64. The molecule has 0 atom stereocenters. The second kappa shape index (κ2) is 4.57. The van der Waals surface area contributed by atoms with Gasteiger partial charge in [0.25, 0.3) is 5.91 Å². The molecule has 0 bridgehead atoms. The van der Waals surface area contributed by atoms with Crippen molar-refractivity contribution in [2.24, 2.45) is 5.73 Å². The Balaban J connectivity index is 2.04. The van der Waals surface area contributed by atoms with Gasteiger partial charge in [0.05, 0.1) is 6.20 Å². The summed E-state index contributed by atoms with van der Waals surface area (Å²) >= 11 is 3.41. The molecule has 2 rings (SSSR count). The molecule has 0 unspecified atom stereocenters. The molecule has 1 heterocycles. The van der Waals surface area contributed by atoms with Crippen LogP contribution in [0.5, 0.6) is 0 Å². The largest absolute Gasteiger partial charge is 0.466 e. The van der Waals surface area contributed by atoms with E-state index in [1.165, 1.54) is 0 Å². The molecule has 0 saturated heterocycles. The highest BCUT2D eigenvalue weighted by atomic mass is 79.9. The number of halogens is 1. The van der Waals surface area contributed by atoms with Crippen LogP contribution in [0.1, 0.15) is 5.56 Å². The van der Waals surface area contributed by atoms with E-state index in [0.717, 1.165) is 10.0 Å². The molecule has 2 N–H and O–H groups in total. The molecule has 0 aromatic heterocycles. The predicted octanol–water partition coefficient (Wildman–Crippen LogP) is 1.57. The van der Waals surface area contributed by atoms with Gasteiger partial charge in [-0.2, -0.15) is 0 Å². The molecule has 16 heavy (non-hydrogen) atoms. The van der Waals surface area contributed by atoms with E-state index in [1.54, 1.807) is 6.20 Å². The van der Waals surface area contributed by atoms with Crippen molar-refractivity contribution >= 4 is 21.8 Å². The van der Waals surface area contributed by atoms with E-state index in [-0.39, 0.29) is 5.76 Å². The molecule has 1 aromatic carbocycles. The van der Waals surface area contributed by atoms with Crippen LogP contribution in [0.3, 0.4) is 0 Å². The van der Waals surface area contributed by atoms with Gasteiger partial charge in [-0.3, -0.25) is 4.79 Å². The zero-order chi connectivity index (χ0) is 11.5. The Kier molecular flexibility index (Phi) is 3.14. The smallest absolute Gasteiger partial charge is 0.285 e. The lowest BCUT2D eigenvalue weighted by Gasteiger charge is -2.13. The Labute approximate surface area is 102 Å². The molecule has 1 aromatic rings. The van der Waals surface area contributed by atoms with Crippen molar-refractivity contribution < 1.29 is 9.53 Å². The number of primary amides is 1. The minimum atomic E-state index is -0.531. The maximum Gasteiger partial charge on any atom is 0.285 e. The van der Waals surface area contributed by atoms with E-state index in [4.69, 9.17) is 10.5 Å². The Morgan fingerprint density at radius 2 is 2.38 bits per heavy atom. The predicted molar refractivity (Wildman–Crippen MR) is 62.9 cm³/mol. The quantitative estimate of drug-likeness (QED) is 0.916. The van der Waals surface area contributed by atoms with E-state index in [1.807, 2.05) is 29.2 Å². The highest BCUT2D eigenvalue weighted by molar-refractivity contribution is 9.10. The van der Waals surface area contributed by atoms with Gasteiger partial charge >= 0.3 is 0 Å². The molecule has 0 fully saturated rings. The van der Waals surface area contributed by atoms with Crippen LogP contribution in [0.15, 0.2) is 40.7 Å². The highest BCUT2D eigenvalue weighted by Gasteiger charge is 2.17. The number of nitrogens with zero attached hydrogens (tertiary/aromatic N) is 1. The number of carbonyl (C=O) groups excluding carboxylic acids is 1. The van der Waals surface area contributed by atoms with Crippen LogP contribution in [-0.2, 0) is 16.1 Å². The molecule has 1 amide bonds. The zero-order valence-electron chi connectivity index (χ0n) is 8.52. The number of benzene rings is 1. The minimum Gasteiger partial charge on any atom is -0.466 e. The first-order valence-electron chi connectivity index (χ1n) is 4.78. The Morgan fingerprint density at radius 1 is 1.56 bits per heavy atom. The third kappa shape index (κ3) is 2.55. The van der Waals surface area contributed by atoms with Gasteiger partial charge in [-0.05, 0) is 17.7 Å². The molecule has 84 valence electrons. The number of hydrogen-bond acceptors (Lipinski definition) is 3. The van der Waals surface area contributed by atoms with Gasteiger partial charge in [-0.1, -0.05) is 28.1 Å². The van der Waals surface area contributed by atoms with Crippen molar-refractivity contribution in [1.29, 1.82) is 0 Å². The molecule has 0 saturated carbocycles. The summed E-state index contributed by atoms with van der Waals surface area (Å²) in [5, 5.41) is 0. The number of carbonyl (C=O) groups is 1. The van der Waals surface area contributed by atoms with Gasteiger partial charge in [0.2, 0.25) is 5.76 Å². The number of rotatable bonds is 3. The van der Waals surface area contributed by atoms with Gasteiger partial charge in [-0.15, -0.1) is 0 Å². The van der Waals surface area contributed by atoms with Crippen LogP contribution >= 0.6 is 15.9 Å². The van der Waals surface area contributed by atoms with Crippen LogP contribution < -0.4 is 5.73 Å². The summed E-state index contributed by atoms with van der Waals surface area (Å²) in [6.45, 7) is 1.06. The maximum atomic E-state index is 10.8. The van der Waals surface area contributed by atoms with Crippen LogP contribution in [0.4, 0.5) is 0 Å². The molecule has 4 nitrogen and oxygen atoms in total. The summed E-state index contributed by atoms with van der Waals surface area (Å²) in [7, 11) is 0. The van der Waals surface area contributed by atoms with Crippen molar-refractivity contribution in [3.05, 3.63) is 46.3 Å². The summed E-state index contributed by atoms with van der Waals surface area (Å²) in [6, 6.07) is 7.97. The molecule has 0 radical (unpaired) electrons. The summed E-state index contributed by atoms with van der Waals surface area (Å²) in [5.41, 5.74) is 6.25. The van der Waals surface area contributed by atoms with Gasteiger partial charge in [0.1, 0.15) is 0 Å². The number of nitrogens with two attached hydrogens (primary N) is 1. The Morgan fingerprint density at radius 3 is 3.00 bits per heavy atom. The standard InChI is InChI=1S/C11H11BrN2O2/c12-9-3-1-2-8(4-9)5-14-6-10(11(13)15)16-7-14/h1-4,6H,5,7H2,(H2,13,15). The van der Waals surface area contributed by atoms with Gasteiger partial charge in [0.15, 0.2) is 6.73 Å². The minimum absolute atomic E-state index is 0.218. The van der Waals surface area contributed by atoms with E-state index < -0.39 is 5.91 Å². The number of amides is 1. The first kappa shape index (κ1) is 11.0. The van der Waals surface area contributed by atoms with Crippen LogP contribution in [0, 0.1) is 0 Å². The average molecular weight is 283 g/mol. The van der Waals surface area contributed by atoms with Crippen molar-refractivity contribution in [2.75, 3.05) is 6.73 Å². The first-order valence-corrected chi connectivity index (χ1v) is 5.57. The lowest BCUT2D eigenvalue weighted by atomic mass is 10.2. The van der Waals surface area contributed by atoms with Crippen LogP contribution in [0.25, 0.3) is 0 Å². The zero-order valence-corrected chi connectivity index (χ0v) is 10.1. The first-order chi connectivity index (χ1) is 7.65. The number of hydrogen-bond donors (Lipinski definition) is 1. The lowest BCUT2D eigenvalue weighted by molar-refractivity contribution is -0.117. The Bertz CT molecular complexity index is 445. The maximum absolute atomic E-state index is 10.8. The summed E-state index contributed by atoms with van der Waals surface area (Å²) in [5.74, 6) is -0.313. The van der Waals surface area contributed by atoms with Gasteiger partial charge < -0.3 is 15.4 Å². The van der Waals surface area contributed by atoms with E-state index >= 15 is 0 Å². The average Bonchev–Trinajstić information content (AvgIpc) is 2.66. The molecule has 5 heteroatoms. The fourth-order valence-corrected chi connectivity index (χ4v) is 1.94. The molecule has 0 aliphatic carbocycles. The topological polar surface area (TPSA) is 55.6 Å². The van der Waals surface area contributed by atoms with Crippen molar-refractivity contribution in [1.82, 2.24) is 4.90 Å². The van der Waals surface area contributed by atoms with Crippen LogP contribution in [0.2, 0.25) is 0 Å². The van der Waals surface area contributed by atoms with Crippen molar-refractivity contribution in [3.63, 3.8) is 0 Å². The third-order valence-electron chi connectivity index (χ3n) is 2.20. The molecular formula is C11H11BrN2O2. The third-order valence-corrected chi connectivity index (χ3v) is 2.70. The fourth-order valence-electron chi connectivity index (χ4n) is 1.49. The van der Waals surface area contributed by atoms with E-state index in [0.29, 0.717) is 13.3 Å². The van der Waals surface area contributed by atoms with Gasteiger partial charge in [-0.25, -0.2) is 0 Å². The molecular weight excluding hydrogens is 272 g/mol. The van der Waals surface area contributed by atoms with E-state index in [2.05, 4.69) is 15.9 Å². The van der Waals surface area contributed by atoms with Crippen molar-refractivity contribution in [2.45, 2.75) is 6.54 Å². The second-order valence-electron chi connectivity index (χ2n) is 3.51.